The maximum atomic E-state index is 14.1. The minimum atomic E-state index is -3.99. The van der Waals surface area contributed by atoms with Gasteiger partial charge in [-0.1, -0.05) is 78.9 Å². The molecule has 0 fully saturated rings. The van der Waals surface area contributed by atoms with Crippen LogP contribution >= 0.6 is 11.3 Å². The molecule has 0 aliphatic carbocycles. The van der Waals surface area contributed by atoms with Gasteiger partial charge in [-0.25, -0.2) is 18.1 Å². The van der Waals surface area contributed by atoms with E-state index in [1.807, 2.05) is 38.1 Å². The van der Waals surface area contributed by atoms with E-state index >= 15 is 0 Å². The number of Topliss-reactive ketones (excluding diaryl/α,β-unsaturated/α-hetero) is 1. The number of carbonyl (C=O) groups is 3. The van der Waals surface area contributed by atoms with Crippen LogP contribution in [0.15, 0.2) is 95.4 Å². The highest BCUT2D eigenvalue weighted by atomic mass is 32.2. The van der Waals surface area contributed by atoms with Crippen LogP contribution in [-0.2, 0) is 38.2 Å². The molecule has 4 aromatic rings. The van der Waals surface area contributed by atoms with E-state index in [1.54, 1.807) is 60.0 Å². The number of sulfonamides is 1. The van der Waals surface area contributed by atoms with Crippen molar-refractivity contribution in [2.24, 2.45) is 16.5 Å². The van der Waals surface area contributed by atoms with Gasteiger partial charge >= 0.3 is 0 Å². The fraction of sp³-hybridized carbons (Fsp3) is 0.306. The van der Waals surface area contributed by atoms with Crippen molar-refractivity contribution in [2.45, 2.75) is 63.4 Å². The second-order valence-electron chi connectivity index (χ2n) is 12.0. The molecule has 12 nitrogen and oxygen atoms in total. The maximum absolute atomic E-state index is 14.1. The Kier molecular flexibility index (Phi) is 13.8. The Balaban J connectivity index is 1.63. The summed E-state index contributed by atoms with van der Waals surface area (Å²) in [4.78, 5) is 49.8. The lowest BCUT2D eigenvalue weighted by Gasteiger charge is -2.26. The molecule has 0 bridgehead atoms. The number of amides is 2. The third-order valence-corrected chi connectivity index (χ3v) is 10.2. The number of aryl methyl sites for hydroxylation is 2. The van der Waals surface area contributed by atoms with Gasteiger partial charge in [-0.15, -0.1) is 11.3 Å². The largest absolute Gasteiger partial charge is 0.370 e. The first-order valence-electron chi connectivity index (χ1n) is 16.1. The number of ketones is 1. The number of aromatic nitrogens is 1. The van der Waals surface area contributed by atoms with Crippen LogP contribution in [0.4, 0.5) is 0 Å². The van der Waals surface area contributed by atoms with E-state index < -0.39 is 40.0 Å². The molecular formula is C36H43N7O5S2. The summed E-state index contributed by atoms with van der Waals surface area (Å²) in [6.07, 6.45) is 2.23. The normalized spacial score (nSPS) is 13.1. The van der Waals surface area contributed by atoms with Crippen LogP contribution < -0.4 is 26.8 Å². The lowest BCUT2D eigenvalue weighted by molar-refractivity contribution is -0.130. The fourth-order valence-corrected chi connectivity index (χ4v) is 7.45. The van der Waals surface area contributed by atoms with E-state index in [4.69, 9.17) is 11.5 Å². The van der Waals surface area contributed by atoms with Crippen molar-refractivity contribution in [1.29, 1.82) is 0 Å². The van der Waals surface area contributed by atoms with Gasteiger partial charge in [0.15, 0.2) is 11.0 Å². The van der Waals surface area contributed by atoms with Crippen LogP contribution in [0.2, 0.25) is 0 Å². The predicted octanol–water partition coefficient (Wildman–Crippen LogP) is 2.94. The molecule has 0 saturated heterocycles. The molecule has 3 aromatic carbocycles. The number of hydrogen-bond donors (Lipinski definition) is 5. The Morgan fingerprint density at radius 1 is 0.800 bits per heavy atom. The summed E-state index contributed by atoms with van der Waals surface area (Å²) in [6.45, 7) is 4.06. The molecule has 0 radical (unpaired) electrons. The third kappa shape index (κ3) is 11.6. The van der Waals surface area contributed by atoms with E-state index in [0.29, 0.717) is 12.0 Å². The second kappa shape index (κ2) is 18.2. The van der Waals surface area contributed by atoms with E-state index in [-0.39, 0.29) is 48.3 Å². The minimum absolute atomic E-state index is 0.0361. The lowest BCUT2D eigenvalue weighted by Crippen LogP contribution is -2.57. The Morgan fingerprint density at radius 2 is 1.40 bits per heavy atom. The number of nitrogens with zero attached hydrogens (tertiary/aromatic N) is 2. The monoisotopic (exact) mass is 717 g/mol. The number of carbonyl (C=O) groups excluding carboxylic acids is 3. The first-order valence-corrected chi connectivity index (χ1v) is 18.7. The van der Waals surface area contributed by atoms with Crippen LogP contribution in [0, 0.1) is 13.8 Å². The van der Waals surface area contributed by atoms with Gasteiger partial charge in [0.1, 0.15) is 12.1 Å². The van der Waals surface area contributed by atoms with E-state index in [1.165, 1.54) is 6.20 Å². The highest BCUT2D eigenvalue weighted by Gasteiger charge is 2.32. The average Bonchev–Trinajstić information content (AvgIpc) is 3.62. The standard InChI is InChI=1S/C36H43N7O5S2/c1-24-11-9-12-25(2)28(24)22-30(33(45)41-29(17-10-18-40-36(37)38)32(44)35-39-19-20-49-35)42-34(46)31(21-26-13-5-3-6-14-26)43-50(47,48)23-27-15-7-4-8-16-27/h3-9,11-16,19-20,29-31,43H,10,17-18,21-23H2,1-2H3,(H,41,45)(H,42,46)(H4,37,38,40). The Morgan fingerprint density at radius 3 is 2.00 bits per heavy atom. The predicted molar refractivity (Wildman–Crippen MR) is 196 cm³/mol. The SMILES string of the molecule is Cc1cccc(C)c1CC(NC(=O)C(Cc1ccccc1)NS(=O)(=O)Cc1ccccc1)C(=O)NC(CCCN=C(N)N)C(=O)c1nccs1. The molecular weight excluding hydrogens is 675 g/mol. The van der Waals surface area contributed by atoms with Crippen LogP contribution in [0.25, 0.3) is 0 Å². The minimum Gasteiger partial charge on any atom is -0.370 e. The van der Waals surface area contributed by atoms with Gasteiger partial charge in [0.25, 0.3) is 0 Å². The van der Waals surface area contributed by atoms with Gasteiger partial charge in [0.05, 0.1) is 11.8 Å². The first kappa shape index (κ1) is 37.9. The lowest BCUT2D eigenvalue weighted by atomic mass is 9.95. The van der Waals surface area contributed by atoms with E-state index in [0.717, 1.165) is 33.6 Å². The molecule has 3 atom stereocenters. The highest BCUT2D eigenvalue weighted by Crippen LogP contribution is 2.18. The number of nitrogens with one attached hydrogen (secondary N) is 3. The quantitative estimate of drug-likeness (QED) is 0.0448. The molecule has 0 aliphatic rings. The van der Waals surface area contributed by atoms with Crippen LogP contribution in [0.5, 0.6) is 0 Å². The zero-order chi connectivity index (χ0) is 36.1. The number of hydrogen-bond acceptors (Lipinski definition) is 8. The zero-order valence-corrected chi connectivity index (χ0v) is 29.7. The van der Waals surface area contributed by atoms with Gasteiger partial charge in [-0.2, -0.15) is 0 Å². The molecule has 0 aliphatic heterocycles. The van der Waals surface area contributed by atoms with Crippen molar-refractivity contribution >= 4 is 44.9 Å². The number of nitrogens with two attached hydrogens (primary N) is 2. The van der Waals surface area contributed by atoms with Crippen molar-refractivity contribution in [3.63, 3.8) is 0 Å². The van der Waals surface area contributed by atoms with Crippen molar-refractivity contribution in [1.82, 2.24) is 20.3 Å². The van der Waals surface area contributed by atoms with Crippen molar-refractivity contribution in [3.05, 3.63) is 123 Å². The number of guanidine groups is 1. The molecule has 0 spiro atoms. The van der Waals surface area contributed by atoms with Gasteiger partial charge in [-0.05, 0) is 60.9 Å². The van der Waals surface area contributed by atoms with Gasteiger partial charge in [0.2, 0.25) is 27.6 Å². The summed E-state index contributed by atoms with van der Waals surface area (Å²) < 4.78 is 29.3. The summed E-state index contributed by atoms with van der Waals surface area (Å²) in [6, 6.07) is 20.0. The molecule has 4 rings (SSSR count). The molecule has 3 unspecified atom stereocenters. The molecule has 7 N–H and O–H groups in total. The summed E-state index contributed by atoms with van der Waals surface area (Å²) in [5.74, 6) is -2.10. The summed E-state index contributed by atoms with van der Waals surface area (Å²) in [7, 11) is -3.99. The molecule has 2 amide bonds. The Bertz CT molecular complexity index is 1840. The van der Waals surface area contributed by atoms with Crippen molar-refractivity contribution in [2.75, 3.05) is 6.54 Å². The maximum Gasteiger partial charge on any atom is 0.243 e. The second-order valence-corrected chi connectivity index (χ2v) is 14.6. The van der Waals surface area contributed by atoms with Crippen LogP contribution in [-0.4, -0.2) is 61.6 Å². The average molecular weight is 718 g/mol. The Labute approximate surface area is 296 Å². The summed E-state index contributed by atoms with van der Waals surface area (Å²) in [5, 5.41) is 7.56. The summed E-state index contributed by atoms with van der Waals surface area (Å²) in [5.41, 5.74) is 14.9. The van der Waals surface area contributed by atoms with Crippen LogP contribution in [0.1, 0.15) is 50.5 Å². The number of aliphatic imine (C=N–C) groups is 1. The highest BCUT2D eigenvalue weighted by molar-refractivity contribution is 7.88. The zero-order valence-electron chi connectivity index (χ0n) is 28.0. The van der Waals surface area contributed by atoms with E-state index in [9.17, 15) is 22.8 Å². The summed E-state index contributed by atoms with van der Waals surface area (Å²) >= 11 is 1.15. The van der Waals surface area contributed by atoms with Crippen LogP contribution in [0.3, 0.4) is 0 Å². The molecule has 0 saturated carbocycles. The van der Waals surface area contributed by atoms with Gasteiger partial charge < -0.3 is 22.1 Å². The molecule has 264 valence electrons. The third-order valence-electron chi connectivity index (χ3n) is 8.03. The van der Waals surface area contributed by atoms with Crippen molar-refractivity contribution in [3.8, 4) is 0 Å². The van der Waals surface area contributed by atoms with Crippen molar-refractivity contribution < 1.29 is 22.8 Å². The fourth-order valence-electron chi connectivity index (χ4n) is 5.49. The van der Waals surface area contributed by atoms with Gasteiger partial charge in [0, 0.05) is 24.5 Å². The number of benzene rings is 3. The topological polar surface area (TPSA) is 199 Å². The smallest absolute Gasteiger partial charge is 0.243 e. The molecule has 1 aromatic heterocycles. The molecule has 1 heterocycles. The first-order chi connectivity index (χ1) is 23.9. The Hall–Kier alpha value is -4.92. The number of rotatable bonds is 18. The van der Waals surface area contributed by atoms with E-state index in [2.05, 4.69) is 25.3 Å². The number of thiazole rings is 1. The molecule has 50 heavy (non-hydrogen) atoms. The van der Waals surface area contributed by atoms with Gasteiger partial charge in [-0.3, -0.25) is 19.4 Å². The molecule has 14 heteroatoms.